The Balaban J connectivity index is 1.94. The summed E-state index contributed by atoms with van der Waals surface area (Å²) in [5.74, 6) is 0.155. The van der Waals surface area contributed by atoms with E-state index in [4.69, 9.17) is 0 Å². The molecule has 0 saturated heterocycles. The normalized spacial score (nSPS) is 16.3. The summed E-state index contributed by atoms with van der Waals surface area (Å²) >= 11 is 3.48. The Morgan fingerprint density at radius 3 is 2.83 bits per heavy atom. The lowest BCUT2D eigenvalue weighted by Gasteiger charge is -2.18. The minimum Gasteiger partial charge on any atom is -0.347 e. The van der Waals surface area contributed by atoms with Crippen LogP contribution in [0, 0.1) is 0 Å². The van der Waals surface area contributed by atoms with Crippen molar-refractivity contribution in [3.8, 4) is 0 Å². The minimum atomic E-state index is -0.0967. The molecule has 2 rings (SSSR count). The molecule has 0 radical (unpaired) electrons. The van der Waals surface area contributed by atoms with Gasteiger partial charge in [0, 0.05) is 10.9 Å². The van der Waals surface area contributed by atoms with Crippen molar-refractivity contribution in [2.45, 2.75) is 31.2 Å². The van der Waals surface area contributed by atoms with E-state index in [2.05, 4.69) is 38.7 Å². The molecule has 0 aliphatic heterocycles. The summed E-state index contributed by atoms with van der Waals surface area (Å²) in [5, 5.41) is 6.24. The van der Waals surface area contributed by atoms with Crippen LogP contribution in [0.4, 0.5) is 0 Å². The maximum Gasteiger partial charge on any atom is 0.220 e. The fourth-order valence-electron chi connectivity index (χ4n) is 2.15. The lowest BCUT2D eigenvalue weighted by atomic mass is 10.0. The Morgan fingerprint density at radius 2 is 2.22 bits per heavy atom. The molecular weight excluding hydrogens is 292 g/mol. The molecule has 0 unspecified atom stereocenters. The second-order valence-corrected chi connectivity index (χ2v) is 5.76. The van der Waals surface area contributed by atoms with Crippen LogP contribution < -0.4 is 10.6 Å². The van der Waals surface area contributed by atoms with Gasteiger partial charge in [0.25, 0.3) is 0 Å². The molecule has 0 bridgehead atoms. The zero-order chi connectivity index (χ0) is 13.0. The first-order valence-electron chi connectivity index (χ1n) is 6.38. The average molecular weight is 311 g/mol. The van der Waals surface area contributed by atoms with Crippen molar-refractivity contribution in [3.63, 3.8) is 0 Å². The van der Waals surface area contributed by atoms with Gasteiger partial charge in [-0.1, -0.05) is 28.1 Å². The fraction of sp³-hybridized carbons (Fsp3) is 0.500. The number of hydrogen-bond acceptors (Lipinski definition) is 2. The number of rotatable bonds is 6. The van der Waals surface area contributed by atoms with Crippen molar-refractivity contribution in [2.75, 3.05) is 13.6 Å². The number of nitrogens with one attached hydrogen (secondary N) is 2. The van der Waals surface area contributed by atoms with Crippen molar-refractivity contribution in [2.24, 2.45) is 0 Å². The average Bonchev–Trinajstić information content (AvgIpc) is 3.10. The molecule has 1 aromatic carbocycles. The van der Waals surface area contributed by atoms with E-state index in [-0.39, 0.29) is 11.4 Å². The molecule has 0 atom stereocenters. The van der Waals surface area contributed by atoms with Gasteiger partial charge in [-0.2, -0.15) is 0 Å². The van der Waals surface area contributed by atoms with E-state index in [9.17, 15) is 4.79 Å². The molecule has 4 heteroatoms. The number of carbonyl (C=O) groups excluding carboxylic acids is 1. The van der Waals surface area contributed by atoms with E-state index in [0.717, 1.165) is 30.3 Å². The van der Waals surface area contributed by atoms with Crippen LogP contribution in [-0.2, 0) is 10.3 Å². The molecule has 1 aliphatic carbocycles. The lowest BCUT2D eigenvalue weighted by Crippen LogP contribution is -2.35. The monoisotopic (exact) mass is 310 g/mol. The fourth-order valence-corrected chi connectivity index (χ4v) is 2.55. The smallest absolute Gasteiger partial charge is 0.220 e. The van der Waals surface area contributed by atoms with E-state index in [0.29, 0.717) is 6.42 Å². The van der Waals surface area contributed by atoms with E-state index < -0.39 is 0 Å². The zero-order valence-corrected chi connectivity index (χ0v) is 12.2. The third-order valence-electron chi connectivity index (χ3n) is 3.34. The molecule has 3 nitrogen and oxygen atoms in total. The second-order valence-electron chi connectivity index (χ2n) is 4.85. The van der Waals surface area contributed by atoms with Gasteiger partial charge in [0.15, 0.2) is 0 Å². The molecule has 98 valence electrons. The zero-order valence-electron chi connectivity index (χ0n) is 10.6. The maximum absolute atomic E-state index is 11.9. The van der Waals surface area contributed by atoms with E-state index in [1.807, 2.05) is 19.2 Å². The molecule has 1 aromatic rings. The first kappa shape index (κ1) is 13.6. The summed E-state index contributed by atoms with van der Waals surface area (Å²) in [4.78, 5) is 11.9. The molecule has 0 heterocycles. The van der Waals surface area contributed by atoms with Crippen LogP contribution in [0.25, 0.3) is 0 Å². The topological polar surface area (TPSA) is 41.1 Å². The van der Waals surface area contributed by atoms with Gasteiger partial charge in [0.1, 0.15) is 0 Å². The first-order valence-corrected chi connectivity index (χ1v) is 7.17. The molecule has 1 amide bonds. The Morgan fingerprint density at radius 1 is 1.44 bits per heavy atom. The Hall–Kier alpha value is -0.870. The molecule has 0 aromatic heterocycles. The van der Waals surface area contributed by atoms with Gasteiger partial charge in [-0.15, -0.1) is 0 Å². The van der Waals surface area contributed by atoms with Gasteiger partial charge in [-0.05, 0) is 50.6 Å². The van der Waals surface area contributed by atoms with Crippen LogP contribution in [0.1, 0.15) is 31.2 Å². The van der Waals surface area contributed by atoms with E-state index in [1.54, 1.807) is 0 Å². The van der Waals surface area contributed by atoms with Crippen molar-refractivity contribution in [3.05, 3.63) is 34.3 Å². The first-order chi connectivity index (χ1) is 8.66. The van der Waals surface area contributed by atoms with Gasteiger partial charge < -0.3 is 10.6 Å². The predicted octanol–water partition coefficient (Wildman–Crippen LogP) is 2.55. The van der Waals surface area contributed by atoms with Crippen LogP contribution in [-0.4, -0.2) is 19.5 Å². The summed E-state index contributed by atoms with van der Waals surface area (Å²) in [6.07, 6.45) is 3.57. The van der Waals surface area contributed by atoms with Crippen LogP contribution in [0.15, 0.2) is 28.7 Å². The highest BCUT2D eigenvalue weighted by Crippen LogP contribution is 2.46. The molecule has 18 heavy (non-hydrogen) atoms. The Bertz CT molecular complexity index is 430. The highest BCUT2D eigenvalue weighted by Gasteiger charge is 2.45. The van der Waals surface area contributed by atoms with E-state index >= 15 is 0 Å². The number of amides is 1. The predicted molar refractivity (Wildman–Crippen MR) is 76.4 cm³/mol. The molecular formula is C14H19BrN2O. The number of benzene rings is 1. The van der Waals surface area contributed by atoms with Crippen molar-refractivity contribution in [1.82, 2.24) is 10.6 Å². The summed E-state index contributed by atoms with van der Waals surface area (Å²) in [6, 6.07) is 8.22. The molecule has 2 N–H and O–H groups in total. The van der Waals surface area contributed by atoms with E-state index in [1.165, 1.54) is 5.56 Å². The molecule has 0 spiro atoms. The summed E-state index contributed by atoms with van der Waals surface area (Å²) in [5.41, 5.74) is 1.11. The molecule has 1 fully saturated rings. The van der Waals surface area contributed by atoms with Crippen LogP contribution >= 0.6 is 15.9 Å². The quantitative estimate of drug-likeness (QED) is 0.793. The standard InChI is InChI=1S/C14H19BrN2O/c1-16-9-3-6-13(18)17-14(7-8-14)11-4-2-5-12(15)10-11/h2,4-5,10,16H,3,6-9H2,1H3,(H,17,18). The number of halogens is 1. The summed E-state index contributed by atoms with van der Waals surface area (Å²) in [7, 11) is 1.90. The highest BCUT2D eigenvalue weighted by molar-refractivity contribution is 9.10. The van der Waals surface area contributed by atoms with Gasteiger partial charge in [0.05, 0.1) is 5.54 Å². The van der Waals surface area contributed by atoms with Gasteiger partial charge >= 0.3 is 0 Å². The molecule has 1 aliphatic rings. The van der Waals surface area contributed by atoms with Crippen molar-refractivity contribution < 1.29 is 4.79 Å². The SMILES string of the molecule is CNCCCC(=O)NC1(c2cccc(Br)c2)CC1. The van der Waals surface area contributed by atoms with Gasteiger partial charge in [-0.3, -0.25) is 4.79 Å². The van der Waals surface area contributed by atoms with Gasteiger partial charge in [-0.25, -0.2) is 0 Å². The van der Waals surface area contributed by atoms with Crippen molar-refractivity contribution in [1.29, 1.82) is 0 Å². The van der Waals surface area contributed by atoms with Crippen LogP contribution in [0.2, 0.25) is 0 Å². The summed E-state index contributed by atoms with van der Waals surface area (Å²) < 4.78 is 1.07. The van der Waals surface area contributed by atoms with Crippen LogP contribution in [0.3, 0.4) is 0 Å². The lowest BCUT2D eigenvalue weighted by molar-refractivity contribution is -0.122. The maximum atomic E-state index is 11.9. The Labute approximate surface area is 116 Å². The summed E-state index contributed by atoms with van der Waals surface area (Å²) in [6.45, 7) is 0.886. The number of carbonyl (C=O) groups is 1. The number of hydrogen-bond donors (Lipinski definition) is 2. The van der Waals surface area contributed by atoms with Gasteiger partial charge in [0.2, 0.25) is 5.91 Å². The van der Waals surface area contributed by atoms with Crippen molar-refractivity contribution >= 4 is 21.8 Å². The molecule has 1 saturated carbocycles. The van der Waals surface area contributed by atoms with Crippen LogP contribution in [0.5, 0.6) is 0 Å². The highest BCUT2D eigenvalue weighted by atomic mass is 79.9. The third kappa shape index (κ3) is 3.33. The largest absolute Gasteiger partial charge is 0.347 e. The second kappa shape index (κ2) is 5.85. The third-order valence-corrected chi connectivity index (χ3v) is 3.83. The minimum absolute atomic E-state index is 0.0967. The Kier molecular flexibility index (Phi) is 4.40.